The fourth-order valence-electron chi connectivity index (χ4n) is 3.89. The summed E-state index contributed by atoms with van der Waals surface area (Å²) in [7, 11) is 4.32. The molecule has 4 rings (SSSR count). The summed E-state index contributed by atoms with van der Waals surface area (Å²) < 4.78 is 22.3. The van der Waals surface area contributed by atoms with Crippen LogP contribution < -0.4 is 30.3 Å². The zero-order valence-electron chi connectivity index (χ0n) is 21.0. The van der Waals surface area contributed by atoms with Crippen molar-refractivity contribution in [2.75, 3.05) is 32.8 Å². The predicted molar refractivity (Wildman–Crippen MR) is 139 cm³/mol. The maximum absolute atomic E-state index is 13.1. The van der Waals surface area contributed by atoms with Crippen molar-refractivity contribution < 1.29 is 28.2 Å². The average Bonchev–Trinajstić information content (AvgIpc) is 3.36. The molecule has 0 unspecified atom stereocenters. The maximum atomic E-state index is 13.1. The van der Waals surface area contributed by atoms with Crippen molar-refractivity contribution in [2.24, 2.45) is 0 Å². The van der Waals surface area contributed by atoms with E-state index in [-0.39, 0.29) is 39.0 Å². The van der Waals surface area contributed by atoms with Crippen LogP contribution in [0.2, 0.25) is 0 Å². The monoisotopic (exact) mass is 545 g/mol. The number of hydrogen-bond donors (Lipinski definition) is 2. The maximum Gasteiger partial charge on any atom is 0.438 e. The number of aromatic amines is 1. The van der Waals surface area contributed by atoms with Gasteiger partial charge in [-0.15, -0.1) is 0 Å². The highest BCUT2D eigenvalue weighted by Crippen LogP contribution is 2.44. The zero-order chi connectivity index (χ0) is 28.1. The highest BCUT2D eigenvalue weighted by atomic mass is 32.2. The SMILES string of the molecule is COc1cc(-c2c(C#N)c(N)nc(SCC(=O)c3c(=O)o[nH][n+]3-c3ccccc3)c2C#N)cc(OC)c1OC. The average molecular weight is 546 g/mol. The molecule has 0 aliphatic rings. The van der Waals surface area contributed by atoms with Crippen LogP contribution in [0.1, 0.15) is 21.6 Å². The van der Waals surface area contributed by atoms with Gasteiger partial charge in [0.2, 0.25) is 17.2 Å². The highest BCUT2D eigenvalue weighted by Gasteiger charge is 2.31. The number of nitrogen functional groups attached to an aromatic ring is 1. The third kappa shape index (κ3) is 4.99. The Kier molecular flexibility index (Phi) is 7.84. The molecular weight excluding hydrogens is 524 g/mol. The molecule has 0 aliphatic heterocycles. The summed E-state index contributed by atoms with van der Waals surface area (Å²) in [4.78, 5) is 29.7. The molecule has 0 aliphatic carbocycles. The fourth-order valence-corrected chi connectivity index (χ4v) is 4.75. The van der Waals surface area contributed by atoms with E-state index in [0.717, 1.165) is 11.8 Å². The van der Waals surface area contributed by atoms with Crippen LogP contribution in [0.5, 0.6) is 17.2 Å². The Morgan fingerprint density at radius 3 is 2.28 bits per heavy atom. The molecule has 12 nitrogen and oxygen atoms in total. The molecule has 0 amide bonds. The largest absolute Gasteiger partial charge is 0.493 e. The molecule has 0 bridgehead atoms. The molecule has 0 atom stereocenters. The molecule has 2 aromatic heterocycles. The van der Waals surface area contributed by atoms with Crippen LogP contribution in [0.25, 0.3) is 16.8 Å². The van der Waals surface area contributed by atoms with E-state index in [1.165, 1.54) is 26.0 Å². The highest BCUT2D eigenvalue weighted by molar-refractivity contribution is 8.00. The second kappa shape index (κ2) is 11.4. The van der Waals surface area contributed by atoms with Gasteiger partial charge in [-0.3, -0.25) is 9.32 Å². The van der Waals surface area contributed by atoms with E-state index in [0.29, 0.717) is 28.5 Å². The Labute approximate surface area is 226 Å². The summed E-state index contributed by atoms with van der Waals surface area (Å²) >= 11 is 0.893. The van der Waals surface area contributed by atoms with E-state index < -0.39 is 11.4 Å². The molecule has 3 N–H and O–H groups in total. The summed E-state index contributed by atoms with van der Waals surface area (Å²) in [5.41, 5.74) is 6.07. The molecule has 39 heavy (non-hydrogen) atoms. The third-order valence-corrected chi connectivity index (χ3v) is 6.61. The summed E-state index contributed by atoms with van der Waals surface area (Å²) in [6.45, 7) is 0. The number of benzene rings is 2. The van der Waals surface area contributed by atoms with Gasteiger partial charge in [-0.25, -0.2) is 9.78 Å². The number of methoxy groups -OCH3 is 3. The van der Waals surface area contributed by atoms with Gasteiger partial charge in [0, 0.05) is 17.7 Å². The van der Waals surface area contributed by atoms with Crippen molar-refractivity contribution in [2.45, 2.75) is 5.03 Å². The van der Waals surface area contributed by atoms with Crippen LogP contribution in [0.15, 0.2) is 56.8 Å². The number of rotatable bonds is 9. The van der Waals surface area contributed by atoms with Crippen LogP contribution in [-0.2, 0) is 0 Å². The number of thioether (sulfide) groups is 1. The van der Waals surface area contributed by atoms with E-state index in [9.17, 15) is 20.1 Å². The summed E-state index contributed by atoms with van der Waals surface area (Å²) in [5.74, 6) is -0.0948. The Balaban J connectivity index is 1.78. The first-order valence-electron chi connectivity index (χ1n) is 11.2. The summed E-state index contributed by atoms with van der Waals surface area (Å²) in [6.07, 6.45) is 0. The van der Waals surface area contributed by atoms with Gasteiger partial charge in [0.05, 0.1) is 32.6 Å². The van der Waals surface area contributed by atoms with Gasteiger partial charge >= 0.3 is 11.3 Å². The molecular formula is C26H21N6O6S+. The van der Waals surface area contributed by atoms with Crippen molar-refractivity contribution in [3.63, 3.8) is 0 Å². The second-order valence-corrected chi connectivity index (χ2v) is 8.74. The number of carbonyl (C=O) groups excluding carboxylic acids is 1. The van der Waals surface area contributed by atoms with Crippen LogP contribution in [0.4, 0.5) is 5.82 Å². The minimum absolute atomic E-state index is 0.00450. The number of hydrogen-bond acceptors (Lipinski definition) is 11. The van der Waals surface area contributed by atoms with Gasteiger partial charge in [-0.05, 0) is 27.6 Å². The molecule has 0 saturated carbocycles. The standard InChI is InChI=1S/C26H20N6O6S/c1-35-19-9-14(10-20(36-2)23(19)37-3)21-16(11-27)24(29)30-25(17(21)12-28)39-13-18(33)22-26(34)38-31-32(22)15-7-5-4-6-8-15/h4-10H,13H2,1-3H3,(H2-,29,30,31,33,34)/p+1. The number of nitrogens with two attached hydrogens (primary N) is 1. The minimum Gasteiger partial charge on any atom is -0.493 e. The number of H-pyrrole nitrogens is 1. The number of Topliss-reactive ketones (excluding diaryl/α,β-unsaturated/α-hetero) is 1. The normalized spacial score (nSPS) is 10.4. The second-order valence-electron chi connectivity index (χ2n) is 7.78. The molecule has 0 radical (unpaired) electrons. The lowest BCUT2D eigenvalue weighted by Gasteiger charge is -2.17. The first-order chi connectivity index (χ1) is 18.9. The number of nitrogens with one attached hydrogen (secondary N) is 1. The van der Waals surface area contributed by atoms with E-state index in [4.69, 9.17) is 24.5 Å². The topological polar surface area (TPSA) is 181 Å². The molecule has 13 heteroatoms. The first kappa shape index (κ1) is 26.8. The summed E-state index contributed by atoms with van der Waals surface area (Å²) in [6, 6.07) is 15.9. The van der Waals surface area contributed by atoms with Crippen molar-refractivity contribution in [3.05, 3.63) is 69.7 Å². The van der Waals surface area contributed by atoms with Crippen molar-refractivity contribution in [1.29, 1.82) is 10.5 Å². The summed E-state index contributed by atoms with van der Waals surface area (Å²) in [5, 5.41) is 22.5. The number of para-hydroxylation sites is 1. The van der Waals surface area contributed by atoms with E-state index >= 15 is 0 Å². The predicted octanol–water partition coefficient (Wildman–Crippen LogP) is 2.63. The Morgan fingerprint density at radius 1 is 1.08 bits per heavy atom. The molecule has 4 aromatic rings. The van der Waals surface area contributed by atoms with Crippen LogP contribution in [0.3, 0.4) is 0 Å². The number of pyridine rings is 1. The van der Waals surface area contributed by atoms with E-state index in [1.807, 2.05) is 6.07 Å². The molecule has 2 aromatic carbocycles. The Hall–Kier alpha value is -5.27. The smallest absolute Gasteiger partial charge is 0.438 e. The number of ketones is 1. The quantitative estimate of drug-likeness (QED) is 0.179. The van der Waals surface area contributed by atoms with Crippen LogP contribution >= 0.6 is 11.8 Å². The number of aromatic nitrogens is 3. The van der Waals surface area contributed by atoms with Crippen LogP contribution in [0, 0.1) is 22.7 Å². The molecule has 196 valence electrons. The fraction of sp³-hybridized carbons (Fsp3) is 0.154. The molecule has 0 spiro atoms. The zero-order valence-corrected chi connectivity index (χ0v) is 21.8. The lowest BCUT2D eigenvalue weighted by molar-refractivity contribution is -0.672. The molecule has 2 heterocycles. The van der Waals surface area contributed by atoms with Crippen molar-refractivity contribution in [1.82, 2.24) is 10.3 Å². The van der Waals surface area contributed by atoms with E-state index in [2.05, 4.69) is 16.3 Å². The Bertz CT molecular complexity index is 1680. The number of carbonyl (C=O) groups is 1. The molecule has 0 saturated heterocycles. The van der Waals surface area contributed by atoms with Crippen LogP contribution in [-0.4, -0.2) is 43.1 Å². The van der Waals surface area contributed by atoms with Crippen molar-refractivity contribution >= 4 is 23.4 Å². The minimum atomic E-state index is -0.852. The van der Waals surface area contributed by atoms with Gasteiger partial charge in [0.25, 0.3) is 0 Å². The molecule has 0 fully saturated rings. The van der Waals surface area contributed by atoms with Gasteiger partial charge in [-0.1, -0.05) is 30.0 Å². The number of ether oxygens (including phenoxy) is 3. The van der Waals surface area contributed by atoms with Gasteiger partial charge in [0.15, 0.2) is 11.5 Å². The van der Waals surface area contributed by atoms with Gasteiger partial charge < -0.3 is 19.9 Å². The van der Waals surface area contributed by atoms with E-state index in [1.54, 1.807) is 42.5 Å². The number of nitrogens with zero attached hydrogens (tertiary/aromatic N) is 4. The lowest BCUT2D eigenvalue weighted by Crippen LogP contribution is -2.41. The first-order valence-corrected chi connectivity index (χ1v) is 12.2. The van der Waals surface area contributed by atoms with Gasteiger partial charge in [-0.2, -0.15) is 10.5 Å². The third-order valence-electron chi connectivity index (χ3n) is 5.63. The van der Waals surface area contributed by atoms with Gasteiger partial charge in [0.1, 0.15) is 28.5 Å². The van der Waals surface area contributed by atoms with Crippen molar-refractivity contribution in [3.8, 4) is 46.2 Å². The number of nitriles is 2. The Morgan fingerprint density at radius 2 is 1.72 bits per heavy atom. The number of anilines is 1. The lowest BCUT2D eigenvalue weighted by atomic mass is 9.96.